The van der Waals surface area contributed by atoms with E-state index in [-0.39, 0.29) is 0 Å². The summed E-state index contributed by atoms with van der Waals surface area (Å²) in [5.74, 6) is 0. The van der Waals surface area contributed by atoms with Gasteiger partial charge in [0.1, 0.15) is 0 Å². The molecule has 0 aliphatic heterocycles. The van der Waals surface area contributed by atoms with Gasteiger partial charge >= 0.3 is 0 Å². The molecule has 0 N–H and O–H groups in total. The molecule has 0 fully saturated rings. The molecule has 0 amide bonds. The van der Waals surface area contributed by atoms with Crippen LogP contribution in [0, 0.1) is 11.3 Å². The van der Waals surface area contributed by atoms with Crippen LogP contribution < -0.4 is 0 Å². The van der Waals surface area contributed by atoms with Crippen LogP contribution in [0.1, 0.15) is 5.56 Å². The number of hydrogen-bond acceptors (Lipinski definition) is 1. The zero-order valence-corrected chi connectivity index (χ0v) is 9.17. The largest absolute Gasteiger partial charge is 0.323 e. The highest BCUT2D eigenvalue weighted by molar-refractivity contribution is 5.70. The number of hydrogen-bond donors (Lipinski definition) is 0. The van der Waals surface area contributed by atoms with Crippen molar-refractivity contribution in [3.8, 4) is 17.2 Å². The van der Waals surface area contributed by atoms with Gasteiger partial charge in [0.25, 0.3) is 0 Å². The van der Waals surface area contributed by atoms with Gasteiger partial charge in [-0.05, 0) is 23.8 Å². The quantitative estimate of drug-likeness (QED) is 0.614. The molecule has 2 heterocycles. The number of nitriles is 1. The van der Waals surface area contributed by atoms with E-state index in [1.54, 1.807) is 0 Å². The third-order valence-corrected chi connectivity index (χ3v) is 2.83. The molecule has 0 bridgehead atoms. The maximum atomic E-state index is 8.86. The molecule has 2 aromatic heterocycles. The molecule has 1 aromatic carbocycles. The zero-order valence-electron chi connectivity index (χ0n) is 9.17. The maximum Gasteiger partial charge on any atom is 0.0992 e. The number of pyridine rings is 1. The Balaban J connectivity index is 2.18. The van der Waals surface area contributed by atoms with Crippen LogP contribution in [0.3, 0.4) is 0 Å². The number of fused-ring (bicyclic) bond motifs is 1. The third-order valence-electron chi connectivity index (χ3n) is 2.83. The second kappa shape index (κ2) is 3.80. The van der Waals surface area contributed by atoms with Gasteiger partial charge in [-0.3, -0.25) is 0 Å². The van der Waals surface area contributed by atoms with E-state index in [1.807, 2.05) is 40.9 Å². The standard InChI is InChI=1S/C15H10N2/c16-10-12-6-7-17-11-14(9-15(17)8-12)13-4-2-1-3-5-13/h1-9,11H. The Kier molecular flexibility index (Phi) is 2.16. The SMILES string of the molecule is N#Cc1ccn2cc(-c3ccccc3)cc2c1. The Morgan fingerprint density at radius 3 is 2.53 bits per heavy atom. The molecule has 2 heteroatoms. The number of aromatic nitrogens is 1. The van der Waals surface area contributed by atoms with Crippen LogP contribution in [0.2, 0.25) is 0 Å². The van der Waals surface area contributed by atoms with E-state index in [4.69, 9.17) is 5.26 Å². The summed E-state index contributed by atoms with van der Waals surface area (Å²) in [6, 6.07) is 18.2. The van der Waals surface area contributed by atoms with Crippen molar-refractivity contribution in [2.75, 3.05) is 0 Å². The van der Waals surface area contributed by atoms with Crippen LogP contribution in [0.25, 0.3) is 16.6 Å². The van der Waals surface area contributed by atoms with E-state index in [0.29, 0.717) is 5.56 Å². The number of nitrogens with zero attached hydrogens (tertiary/aromatic N) is 2. The third kappa shape index (κ3) is 1.68. The van der Waals surface area contributed by atoms with Crippen molar-refractivity contribution < 1.29 is 0 Å². The summed E-state index contributed by atoms with van der Waals surface area (Å²) in [6.07, 6.45) is 3.99. The Bertz CT molecular complexity index is 703. The van der Waals surface area contributed by atoms with Crippen LogP contribution in [-0.2, 0) is 0 Å². The maximum absolute atomic E-state index is 8.86. The summed E-state index contributed by atoms with van der Waals surface area (Å²) < 4.78 is 2.03. The van der Waals surface area contributed by atoms with Crippen LogP contribution >= 0.6 is 0 Å². The van der Waals surface area contributed by atoms with Gasteiger partial charge in [-0.15, -0.1) is 0 Å². The molecule has 0 radical (unpaired) electrons. The van der Waals surface area contributed by atoms with E-state index in [1.165, 1.54) is 11.1 Å². The summed E-state index contributed by atoms with van der Waals surface area (Å²) in [6.45, 7) is 0. The van der Waals surface area contributed by atoms with Gasteiger partial charge in [0.15, 0.2) is 0 Å². The lowest BCUT2D eigenvalue weighted by Crippen LogP contribution is -1.81. The molecule has 2 nitrogen and oxygen atoms in total. The van der Waals surface area contributed by atoms with Gasteiger partial charge in [0.05, 0.1) is 11.6 Å². The fourth-order valence-corrected chi connectivity index (χ4v) is 1.97. The van der Waals surface area contributed by atoms with E-state index in [2.05, 4.69) is 30.5 Å². The summed E-state index contributed by atoms with van der Waals surface area (Å²) in [7, 11) is 0. The molecule has 0 atom stereocenters. The van der Waals surface area contributed by atoms with E-state index < -0.39 is 0 Å². The fourth-order valence-electron chi connectivity index (χ4n) is 1.97. The first-order chi connectivity index (χ1) is 8.36. The second-order valence-electron chi connectivity index (χ2n) is 3.95. The van der Waals surface area contributed by atoms with Crippen molar-refractivity contribution in [3.05, 3.63) is 66.5 Å². The Morgan fingerprint density at radius 1 is 0.941 bits per heavy atom. The van der Waals surface area contributed by atoms with Crippen molar-refractivity contribution in [3.63, 3.8) is 0 Å². The average molecular weight is 218 g/mol. The first-order valence-corrected chi connectivity index (χ1v) is 5.44. The highest BCUT2D eigenvalue weighted by Crippen LogP contribution is 2.22. The first-order valence-electron chi connectivity index (χ1n) is 5.44. The molecule has 0 unspecified atom stereocenters. The Hall–Kier alpha value is -2.53. The average Bonchev–Trinajstić information content (AvgIpc) is 2.82. The first kappa shape index (κ1) is 9.68. The normalized spacial score (nSPS) is 10.3. The van der Waals surface area contributed by atoms with Gasteiger partial charge in [-0.25, -0.2) is 0 Å². The lowest BCUT2D eigenvalue weighted by atomic mass is 10.1. The molecular formula is C15H10N2. The lowest BCUT2D eigenvalue weighted by Gasteiger charge is -1.94. The number of rotatable bonds is 1. The smallest absolute Gasteiger partial charge is 0.0992 e. The van der Waals surface area contributed by atoms with Crippen LogP contribution in [0.15, 0.2) is 60.9 Å². The van der Waals surface area contributed by atoms with Crippen LogP contribution in [-0.4, -0.2) is 4.40 Å². The molecule has 0 aliphatic carbocycles. The van der Waals surface area contributed by atoms with Crippen molar-refractivity contribution in [2.24, 2.45) is 0 Å². The van der Waals surface area contributed by atoms with Crippen molar-refractivity contribution in [1.29, 1.82) is 5.26 Å². The summed E-state index contributed by atoms with van der Waals surface area (Å²) in [5.41, 5.74) is 4.09. The minimum absolute atomic E-state index is 0.690. The van der Waals surface area contributed by atoms with E-state index >= 15 is 0 Å². The Morgan fingerprint density at radius 2 is 1.76 bits per heavy atom. The highest BCUT2D eigenvalue weighted by atomic mass is 14.8. The molecule has 3 rings (SSSR count). The van der Waals surface area contributed by atoms with E-state index in [0.717, 1.165) is 5.52 Å². The molecule has 17 heavy (non-hydrogen) atoms. The van der Waals surface area contributed by atoms with Crippen LogP contribution in [0.4, 0.5) is 0 Å². The monoisotopic (exact) mass is 218 g/mol. The molecule has 80 valence electrons. The molecular weight excluding hydrogens is 208 g/mol. The number of benzene rings is 1. The minimum Gasteiger partial charge on any atom is -0.323 e. The topological polar surface area (TPSA) is 28.2 Å². The lowest BCUT2D eigenvalue weighted by molar-refractivity contribution is 1.19. The van der Waals surface area contributed by atoms with Crippen molar-refractivity contribution in [1.82, 2.24) is 4.40 Å². The summed E-state index contributed by atoms with van der Waals surface area (Å²) >= 11 is 0. The molecule has 0 spiro atoms. The molecule has 0 saturated heterocycles. The van der Waals surface area contributed by atoms with E-state index in [9.17, 15) is 0 Å². The fraction of sp³-hybridized carbons (Fsp3) is 0. The Labute approximate surface area is 99.4 Å². The van der Waals surface area contributed by atoms with Gasteiger partial charge in [0.2, 0.25) is 0 Å². The summed E-state index contributed by atoms with van der Waals surface area (Å²) in [5, 5.41) is 8.86. The highest BCUT2D eigenvalue weighted by Gasteiger charge is 2.02. The predicted molar refractivity (Wildman–Crippen MR) is 67.5 cm³/mol. The second-order valence-corrected chi connectivity index (χ2v) is 3.95. The summed E-state index contributed by atoms with van der Waals surface area (Å²) in [4.78, 5) is 0. The van der Waals surface area contributed by atoms with Crippen molar-refractivity contribution >= 4 is 5.52 Å². The van der Waals surface area contributed by atoms with Crippen LogP contribution in [0.5, 0.6) is 0 Å². The van der Waals surface area contributed by atoms with Gasteiger partial charge in [-0.2, -0.15) is 5.26 Å². The molecule has 0 saturated carbocycles. The predicted octanol–water partition coefficient (Wildman–Crippen LogP) is 3.48. The van der Waals surface area contributed by atoms with Gasteiger partial charge in [-0.1, -0.05) is 30.3 Å². The van der Waals surface area contributed by atoms with Gasteiger partial charge < -0.3 is 4.40 Å². The van der Waals surface area contributed by atoms with Gasteiger partial charge in [0, 0.05) is 23.5 Å². The minimum atomic E-state index is 0.690. The van der Waals surface area contributed by atoms with Crippen molar-refractivity contribution in [2.45, 2.75) is 0 Å². The zero-order chi connectivity index (χ0) is 11.7. The molecule has 3 aromatic rings. The molecule has 0 aliphatic rings.